The predicted octanol–water partition coefficient (Wildman–Crippen LogP) is 4.71. The molecule has 3 heterocycles. The van der Waals surface area contributed by atoms with Gasteiger partial charge in [-0.15, -0.1) is 11.3 Å². The number of benzene rings is 1. The van der Waals surface area contributed by atoms with Gasteiger partial charge in [-0.2, -0.15) is 0 Å². The average Bonchev–Trinajstić information content (AvgIpc) is 3.21. The van der Waals surface area contributed by atoms with Gasteiger partial charge in [-0.05, 0) is 43.3 Å². The van der Waals surface area contributed by atoms with Crippen LogP contribution in [0.25, 0.3) is 10.9 Å². The number of hydrogen-bond donors (Lipinski definition) is 0. The quantitative estimate of drug-likeness (QED) is 0.627. The summed E-state index contributed by atoms with van der Waals surface area (Å²) in [6.45, 7) is 3.79. The molecule has 0 saturated carbocycles. The summed E-state index contributed by atoms with van der Waals surface area (Å²) in [4.78, 5) is 20.6. The number of carbonyl (C=O) groups is 1. The van der Waals surface area contributed by atoms with Crippen LogP contribution in [-0.4, -0.2) is 31.0 Å². The molecule has 2 aromatic heterocycles. The number of aromatic nitrogens is 1. The molecule has 0 unspecified atom stereocenters. The molecule has 4 rings (SSSR count). The number of ether oxygens (including phenoxy) is 1. The molecule has 26 heavy (non-hydrogen) atoms. The van der Waals surface area contributed by atoms with E-state index in [4.69, 9.17) is 4.74 Å². The average molecular weight is 366 g/mol. The van der Waals surface area contributed by atoms with Crippen molar-refractivity contribution in [1.82, 2.24) is 4.98 Å². The third kappa shape index (κ3) is 3.07. The highest BCUT2D eigenvalue weighted by Crippen LogP contribution is 2.34. The van der Waals surface area contributed by atoms with Crippen molar-refractivity contribution < 1.29 is 9.53 Å². The number of ketones is 1. The first kappa shape index (κ1) is 17.0. The number of hydrogen-bond acceptors (Lipinski definition) is 5. The Morgan fingerprint density at radius 3 is 2.73 bits per heavy atom. The van der Waals surface area contributed by atoms with Crippen LogP contribution >= 0.6 is 11.3 Å². The Bertz CT molecular complexity index is 929. The monoisotopic (exact) mass is 366 g/mol. The van der Waals surface area contributed by atoms with E-state index in [0.717, 1.165) is 53.2 Å². The standard InChI is InChI=1S/C21H22N2O2S/c1-14-13-17(16-5-3-6-18(25-2)20(16)22-14)23-10-8-15(9-11-23)21(24)19-7-4-12-26-19/h3-7,12-13,15H,8-11H2,1-2H3. The van der Waals surface area contributed by atoms with Crippen molar-refractivity contribution in [3.8, 4) is 5.75 Å². The minimum atomic E-state index is 0.133. The second-order valence-corrected chi connectivity index (χ2v) is 7.69. The summed E-state index contributed by atoms with van der Waals surface area (Å²) in [7, 11) is 1.68. The number of thiophene rings is 1. The number of fused-ring (bicyclic) bond motifs is 1. The smallest absolute Gasteiger partial charge is 0.175 e. The van der Waals surface area contributed by atoms with Crippen LogP contribution in [0.2, 0.25) is 0 Å². The van der Waals surface area contributed by atoms with Crippen molar-refractivity contribution in [2.45, 2.75) is 19.8 Å². The van der Waals surface area contributed by atoms with Gasteiger partial charge in [-0.3, -0.25) is 4.79 Å². The number of carbonyl (C=O) groups excluding carboxylic acids is 1. The maximum atomic E-state index is 12.6. The number of nitrogens with zero attached hydrogens (tertiary/aromatic N) is 2. The molecule has 0 amide bonds. The van der Waals surface area contributed by atoms with E-state index in [9.17, 15) is 4.79 Å². The largest absolute Gasteiger partial charge is 0.494 e. The maximum absolute atomic E-state index is 12.6. The van der Waals surface area contributed by atoms with Gasteiger partial charge < -0.3 is 9.64 Å². The number of methoxy groups -OCH3 is 1. The zero-order valence-corrected chi connectivity index (χ0v) is 15.9. The van der Waals surface area contributed by atoms with Crippen LogP contribution < -0.4 is 9.64 Å². The molecule has 1 aliphatic rings. The minimum absolute atomic E-state index is 0.133. The van der Waals surface area contributed by atoms with Crippen LogP contribution in [-0.2, 0) is 0 Å². The van der Waals surface area contributed by atoms with Gasteiger partial charge in [0.1, 0.15) is 11.3 Å². The molecule has 0 bridgehead atoms. The van der Waals surface area contributed by atoms with E-state index >= 15 is 0 Å². The van der Waals surface area contributed by atoms with Crippen molar-refractivity contribution in [3.05, 3.63) is 52.3 Å². The third-order valence-corrected chi connectivity index (χ3v) is 5.98. The number of anilines is 1. The summed E-state index contributed by atoms with van der Waals surface area (Å²) in [6.07, 6.45) is 1.78. The van der Waals surface area contributed by atoms with Gasteiger partial charge in [0, 0.05) is 35.8 Å². The normalized spacial score (nSPS) is 15.4. The molecular formula is C21H22N2O2S. The van der Waals surface area contributed by atoms with Crippen LogP contribution in [0.15, 0.2) is 41.8 Å². The molecule has 5 heteroatoms. The second-order valence-electron chi connectivity index (χ2n) is 6.74. The Balaban J connectivity index is 1.59. The van der Waals surface area contributed by atoms with E-state index in [0.29, 0.717) is 5.78 Å². The zero-order chi connectivity index (χ0) is 18.1. The molecule has 0 spiro atoms. The van der Waals surface area contributed by atoms with Crippen molar-refractivity contribution >= 4 is 33.7 Å². The van der Waals surface area contributed by atoms with E-state index in [1.54, 1.807) is 18.4 Å². The number of piperidine rings is 1. The number of para-hydroxylation sites is 1. The Labute approximate surface area is 157 Å². The summed E-state index contributed by atoms with van der Waals surface area (Å²) >= 11 is 1.54. The lowest BCUT2D eigenvalue weighted by atomic mass is 9.91. The molecule has 1 fully saturated rings. The van der Waals surface area contributed by atoms with Crippen LogP contribution in [0, 0.1) is 12.8 Å². The van der Waals surface area contributed by atoms with Crippen LogP contribution in [0.3, 0.4) is 0 Å². The Kier molecular flexibility index (Phi) is 4.64. The van der Waals surface area contributed by atoms with Crippen molar-refractivity contribution in [2.75, 3.05) is 25.1 Å². The van der Waals surface area contributed by atoms with Gasteiger partial charge in [0.2, 0.25) is 0 Å². The molecule has 1 aromatic carbocycles. The van der Waals surface area contributed by atoms with Gasteiger partial charge >= 0.3 is 0 Å². The molecule has 0 radical (unpaired) electrons. The number of pyridine rings is 1. The molecule has 1 saturated heterocycles. The first-order valence-corrected chi connectivity index (χ1v) is 9.82. The Hall–Kier alpha value is -2.40. The highest BCUT2D eigenvalue weighted by atomic mass is 32.1. The molecule has 4 nitrogen and oxygen atoms in total. The third-order valence-electron chi connectivity index (χ3n) is 5.10. The van der Waals surface area contributed by atoms with Gasteiger partial charge in [0.15, 0.2) is 5.78 Å². The topological polar surface area (TPSA) is 42.4 Å². The summed E-state index contributed by atoms with van der Waals surface area (Å²) in [5, 5.41) is 3.08. The summed E-state index contributed by atoms with van der Waals surface area (Å²) in [5.41, 5.74) is 3.07. The van der Waals surface area contributed by atoms with Crippen LogP contribution in [0.4, 0.5) is 5.69 Å². The van der Waals surface area contributed by atoms with E-state index in [2.05, 4.69) is 22.0 Å². The molecule has 0 N–H and O–H groups in total. The van der Waals surface area contributed by atoms with Crippen LogP contribution in [0.5, 0.6) is 5.75 Å². The molecule has 0 atom stereocenters. The highest BCUT2D eigenvalue weighted by molar-refractivity contribution is 7.12. The fraction of sp³-hybridized carbons (Fsp3) is 0.333. The number of rotatable bonds is 4. The van der Waals surface area contributed by atoms with Gasteiger partial charge in [0.05, 0.1) is 12.0 Å². The highest BCUT2D eigenvalue weighted by Gasteiger charge is 2.27. The van der Waals surface area contributed by atoms with E-state index < -0.39 is 0 Å². The first-order chi connectivity index (χ1) is 12.7. The summed E-state index contributed by atoms with van der Waals surface area (Å²) < 4.78 is 5.49. The van der Waals surface area contributed by atoms with E-state index in [1.165, 1.54) is 5.69 Å². The second kappa shape index (κ2) is 7.08. The van der Waals surface area contributed by atoms with E-state index in [1.807, 2.05) is 36.6 Å². The fourth-order valence-corrected chi connectivity index (χ4v) is 4.50. The minimum Gasteiger partial charge on any atom is -0.494 e. The molecular weight excluding hydrogens is 344 g/mol. The molecule has 1 aliphatic heterocycles. The van der Waals surface area contributed by atoms with Gasteiger partial charge in [0.25, 0.3) is 0 Å². The fourth-order valence-electron chi connectivity index (χ4n) is 3.76. The van der Waals surface area contributed by atoms with Gasteiger partial charge in [-0.1, -0.05) is 18.2 Å². The molecule has 3 aromatic rings. The number of aryl methyl sites for hydroxylation is 1. The van der Waals surface area contributed by atoms with Crippen molar-refractivity contribution in [1.29, 1.82) is 0 Å². The molecule has 0 aliphatic carbocycles. The van der Waals surface area contributed by atoms with Crippen molar-refractivity contribution in [3.63, 3.8) is 0 Å². The SMILES string of the molecule is COc1cccc2c(N3CCC(C(=O)c4cccs4)CC3)cc(C)nc12. The predicted molar refractivity (Wildman–Crippen MR) is 107 cm³/mol. The van der Waals surface area contributed by atoms with Crippen LogP contribution in [0.1, 0.15) is 28.2 Å². The van der Waals surface area contributed by atoms with Crippen molar-refractivity contribution in [2.24, 2.45) is 5.92 Å². The lowest BCUT2D eigenvalue weighted by molar-refractivity contribution is 0.0905. The van der Waals surface area contributed by atoms with E-state index in [-0.39, 0.29) is 5.92 Å². The van der Waals surface area contributed by atoms with Gasteiger partial charge in [-0.25, -0.2) is 4.98 Å². The molecule has 134 valence electrons. The number of Topliss-reactive ketones (excluding diaryl/α,β-unsaturated/α-hetero) is 1. The lowest BCUT2D eigenvalue weighted by Crippen LogP contribution is -2.36. The summed E-state index contributed by atoms with van der Waals surface area (Å²) in [6, 6.07) is 12.1. The first-order valence-electron chi connectivity index (χ1n) is 8.94. The lowest BCUT2D eigenvalue weighted by Gasteiger charge is -2.33. The zero-order valence-electron chi connectivity index (χ0n) is 15.1. The maximum Gasteiger partial charge on any atom is 0.175 e. The summed E-state index contributed by atoms with van der Waals surface area (Å²) in [5.74, 6) is 1.24. The Morgan fingerprint density at radius 1 is 1.23 bits per heavy atom. The Morgan fingerprint density at radius 2 is 2.04 bits per heavy atom.